The number of piperidine rings is 1. The summed E-state index contributed by atoms with van der Waals surface area (Å²) in [6.45, 7) is 0.818. The number of carbonyl (C=O) groups is 2. The number of carboxylic acids is 1. The SMILES string of the molecule is O=C(O)C1CCCN(C(=O)Nc2ccc3c(c2)OC2(CCCCC2)O3)C1. The van der Waals surface area contributed by atoms with Gasteiger partial charge < -0.3 is 24.8 Å². The molecule has 2 aliphatic heterocycles. The summed E-state index contributed by atoms with van der Waals surface area (Å²) in [4.78, 5) is 25.2. The van der Waals surface area contributed by atoms with Crippen molar-refractivity contribution in [2.75, 3.05) is 18.4 Å². The summed E-state index contributed by atoms with van der Waals surface area (Å²) in [6, 6.07) is 5.13. The number of likely N-dealkylation sites (tertiary alicyclic amines) is 1. The number of carboxylic acid groups (broad SMARTS) is 1. The van der Waals surface area contributed by atoms with Crippen LogP contribution >= 0.6 is 0 Å². The highest BCUT2D eigenvalue weighted by molar-refractivity contribution is 5.90. The van der Waals surface area contributed by atoms with Gasteiger partial charge in [-0.25, -0.2) is 4.79 Å². The number of rotatable bonds is 2. The first-order valence-corrected chi connectivity index (χ1v) is 9.35. The van der Waals surface area contributed by atoms with Crippen molar-refractivity contribution in [2.45, 2.75) is 50.7 Å². The van der Waals surface area contributed by atoms with Gasteiger partial charge in [0.15, 0.2) is 11.5 Å². The number of ether oxygens (including phenoxy) is 2. The molecule has 4 rings (SSSR count). The maximum atomic E-state index is 12.5. The van der Waals surface area contributed by atoms with Crippen molar-refractivity contribution < 1.29 is 24.2 Å². The van der Waals surface area contributed by atoms with Crippen LogP contribution in [0.25, 0.3) is 0 Å². The van der Waals surface area contributed by atoms with E-state index in [1.807, 2.05) is 6.07 Å². The van der Waals surface area contributed by atoms with Gasteiger partial charge in [0.2, 0.25) is 0 Å². The number of fused-ring (bicyclic) bond motifs is 1. The van der Waals surface area contributed by atoms with Crippen LogP contribution < -0.4 is 14.8 Å². The van der Waals surface area contributed by atoms with E-state index in [4.69, 9.17) is 14.6 Å². The molecule has 1 unspecified atom stereocenters. The van der Waals surface area contributed by atoms with Gasteiger partial charge in [0.05, 0.1) is 5.92 Å². The van der Waals surface area contributed by atoms with Gasteiger partial charge in [0, 0.05) is 37.7 Å². The third-order valence-electron chi connectivity index (χ3n) is 5.46. The highest BCUT2D eigenvalue weighted by atomic mass is 16.7. The number of urea groups is 1. The minimum Gasteiger partial charge on any atom is -0.481 e. The molecule has 1 atom stereocenters. The van der Waals surface area contributed by atoms with Crippen molar-refractivity contribution in [2.24, 2.45) is 5.92 Å². The average molecular weight is 360 g/mol. The molecule has 0 bridgehead atoms. The van der Waals surface area contributed by atoms with E-state index in [-0.39, 0.29) is 12.6 Å². The Labute approximate surface area is 152 Å². The van der Waals surface area contributed by atoms with Gasteiger partial charge in [-0.15, -0.1) is 0 Å². The second kappa shape index (κ2) is 6.70. The molecule has 0 aromatic heterocycles. The zero-order valence-corrected chi connectivity index (χ0v) is 14.7. The molecule has 0 radical (unpaired) electrons. The monoisotopic (exact) mass is 360 g/mol. The number of benzene rings is 1. The number of hydrogen-bond acceptors (Lipinski definition) is 4. The first-order valence-electron chi connectivity index (χ1n) is 9.35. The molecule has 1 saturated carbocycles. The average Bonchev–Trinajstić information content (AvgIpc) is 2.98. The number of aliphatic carboxylic acids is 1. The predicted octanol–water partition coefficient (Wildman–Crippen LogP) is 3.45. The van der Waals surface area contributed by atoms with E-state index in [1.165, 1.54) is 6.42 Å². The summed E-state index contributed by atoms with van der Waals surface area (Å²) in [6.07, 6.45) is 6.48. The lowest BCUT2D eigenvalue weighted by Gasteiger charge is -2.31. The van der Waals surface area contributed by atoms with Gasteiger partial charge in [0.1, 0.15) is 0 Å². The summed E-state index contributed by atoms with van der Waals surface area (Å²) in [5, 5.41) is 12.0. The smallest absolute Gasteiger partial charge is 0.321 e. The van der Waals surface area contributed by atoms with E-state index in [2.05, 4.69) is 5.32 Å². The molecule has 2 heterocycles. The van der Waals surface area contributed by atoms with Crippen LogP contribution in [0.4, 0.5) is 10.5 Å². The second-order valence-corrected chi connectivity index (χ2v) is 7.39. The highest BCUT2D eigenvalue weighted by Crippen LogP contribution is 2.46. The van der Waals surface area contributed by atoms with Crippen LogP contribution in [0, 0.1) is 5.92 Å². The fourth-order valence-electron chi connectivity index (χ4n) is 4.03. The molecule has 1 spiro atoms. The summed E-state index contributed by atoms with van der Waals surface area (Å²) < 4.78 is 12.1. The molecule has 1 aromatic rings. The Bertz CT molecular complexity index is 714. The Balaban J connectivity index is 1.41. The number of nitrogens with zero attached hydrogens (tertiary/aromatic N) is 1. The molecule has 7 heteroatoms. The fraction of sp³-hybridized carbons (Fsp3) is 0.579. The lowest BCUT2D eigenvalue weighted by atomic mass is 9.94. The molecular formula is C19H24N2O5. The first kappa shape index (κ1) is 17.0. The molecule has 1 aromatic carbocycles. The molecule has 140 valence electrons. The zero-order valence-electron chi connectivity index (χ0n) is 14.7. The van der Waals surface area contributed by atoms with Gasteiger partial charge in [-0.1, -0.05) is 6.42 Å². The Kier molecular flexibility index (Phi) is 4.38. The van der Waals surface area contributed by atoms with Gasteiger partial charge >= 0.3 is 12.0 Å². The quantitative estimate of drug-likeness (QED) is 0.843. The molecule has 1 saturated heterocycles. The van der Waals surface area contributed by atoms with Gasteiger partial charge in [-0.3, -0.25) is 4.79 Å². The van der Waals surface area contributed by atoms with Crippen molar-refractivity contribution in [1.29, 1.82) is 0 Å². The van der Waals surface area contributed by atoms with Crippen molar-refractivity contribution in [3.63, 3.8) is 0 Å². The summed E-state index contributed by atoms with van der Waals surface area (Å²) in [5.41, 5.74) is 0.627. The number of amides is 2. The lowest BCUT2D eigenvalue weighted by Crippen LogP contribution is -2.44. The Morgan fingerprint density at radius 1 is 1.12 bits per heavy atom. The number of hydrogen-bond donors (Lipinski definition) is 2. The van der Waals surface area contributed by atoms with Gasteiger partial charge in [-0.05, 0) is 37.8 Å². The number of carbonyl (C=O) groups excluding carboxylic acids is 1. The minimum atomic E-state index is -0.844. The van der Waals surface area contributed by atoms with E-state index in [1.54, 1.807) is 17.0 Å². The van der Waals surface area contributed by atoms with E-state index in [0.717, 1.165) is 25.7 Å². The maximum Gasteiger partial charge on any atom is 0.321 e. The van der Waals surface area contributed by atoms with Crippen LogP contribution in [0.5, 0.6) is 11.5 Å². The number of nitrogens with one attached hydrogen (secondary N) is 1. The normalized spacial score (nSPS) is 23.7. The predicted molar refractivity (Wildman–Crippen MR) is 94.5 cm³/mol. The van der Waals surface area contributed by atoms with Crippen LogP contribution in [-0.4, -0.2) is 40.9 Å². The summed E-state index contributed by atoms with van der Waals surface area (Å²) in [7, 11) is 0. The second-order valence-electron chi connectivity index (χ2n) is 7.39. The molecule has 3 aliphatic rings. The molecule has 2 fully saturated rings. The minimum absolute atomic E-state index is 0.245. The third-order valence-corrected chi connectivity index (χ3v) is 5.46. The zero-order chi connectivity index (χ0) is 18.1. The third kappa shape index (κ3) is 3.30. The van der Waals surface area contributed by atoms with Crippen molar-refractivity contribution in [1.82, 2.24) is 4.90 Å². The van der Waals surface area contributed by atoms with Crippen LogP contribution in [0.15, 0.2) is 18.2 Å². The number of anilines is 1. The lowest BCUT2D eigenvalue weighted by molar-refractivity contribution is -0.143. The van der Waals surface area contributed by atoms with E-state index in [9.17, 15) is 9.59 Å². The standard InChI is InChI=1S/C19H24N2O5/c22-17(23)13-5-4-10-21(12-13)18(24)20-14-6-7-15-16(11-14)26-19(25-15)8-2-1-3-9-19/h6-7,11,13H,1-5,8-10,12H2,(H,20,24)(H,22,23). The van der Waals surface area contributed by atoms with Gasteiger partial charge in [0.25, 0.3) is 5.79 Å². The fourth-order valence-corrected chi connectivity index (χ4v) is 4.03. The first-order chi connectivity index (χ1) is 12.5. The highest BCUT2D eigenvalue weighted by Gasteiger charge is 2.42. The largest absolute Gasteiger partial charge is 0.481 e. The van der Waals surface area contributed by atoms with E-state index < -0.39 is 17.7 Å². The van der Waals surface area contributed by atoms with Crippen LogP contribution in [0.1, 0.15) is 44.9 Å². The van der Waals surface area contributed by atoms with Crippen LogP contribution in [0.2, 0.25) is 0 Å². The molecule has 26 heavy (non-hydrogen) atoms. The van der Waals surface area contributed by atoms with E-state index in [0.29, 0.717) is 36.6 Å². The van der Waals surface area contributed by atoms with Crippen molar-refractivity contribution in [3.05, 3.63) is 18.2 Å². The molecule has 2 N–H and O–H groups in total. The molecule has 1 aliphatic carbocycles. The van der Waals surface area contributed by atoms with Crippen LogP contribution in [-0.2, 0) is 4.79 Å². The maximum absolute atomic E-state index is 12.5. The van der Waals surface area contributed by atoms with Gasteiger partial charge in [-0.2, -0.15) is 0 Å². The summed E-state index contributed by atoms with van der Waals surface area (Å²) >= 11 is 0. The van der Waals surface area contributed by atoms with Crippen molar-refractivity contribution in [3.8, 4) is 11.5 Å². The van der Waals surface area contributed by atoms with E-state index >= 15 is 0 Å². The summed E-state index contributed by atoms with van der Waals surface area (Å²) in [5.74, 6) is -0.494. The molecule has 7 nitrogen and oxygen atoms in total. The van der Waals surface area contributed by atoms with Crippen LogP contribution in [0.3, 0.4) is 0 Å². The Morgan fingerprint density at radius 2 is 1.88 bits per heavy atom. The topological polar surface area (TPSA) is 88.1 Å². The molecular weight excluding hydrogens is 336 g/mol. The molecule has 2 amide bonds. The Morgan fingerprint density at radius 3 is 2.65 bits per heavy atom. The Hall–Kier alpha value is -2.44. The van der Waals surface area contributed by atoms with Crippen molar-refractivity contribution >= 4 is 17.7 Å².